The summed E-state index contributed by atoms with van der Waals surface area (Å²) in [6.45, 7) is 6.44. The number of carbonyl (C=O) groups is 1. The van der Waals surface area contributed by atoms with Crippen molar-refractivity contribution in [1.29, 1.82) is 5.26 Å². The quantitative estimate of drug-likeness (QED) is 0.604. The van der Waals surface area contributed by atoms with Crippen molar-refractivity contribution in [2.24, 2.45) is 0 Å². The van der Waals surface area contributed by atoms with E-state index in [-0.39, 0.29) is 11.2 Å². The highest BCUT2D eigenvalue weighted by atomic mass is 16.1. The maximum Gasteiger partial charge on any atom is 0.185 e. The van der Waals surface area contributed by atoms with E-state index < -0.39 is 0 Å². The normalized spacial score (nSPS) is 11.4. The summed E-state index contributed by atoms with van der Waals surface area (Å²) < 4.78 is 0. The van der Waals surface area contributed by atoms with E-state index in [1.807, 2.05) is 36.4 Å². The van der Waals surface area contributed by atoms with Crippen molar-refractivity contribution in [2.75, 3.05) is 0 Å². The number of hydrogen-bond donors (Lipinski definition) is 0. The summed E-state index contributed by atoms with van der Waals surface area (Å²) in [5, 5.41) is 8.75. The van der Waals surface area contributed by atoms with Crippen molar-refractivity contribution in [1.82, 2.24) is 0 Å². The first-order chi connectivity index (χ1) is 10.4. The minimum atomic E-state index is -0.0233. The lowest BCUT2D eigenvalue weighted by atomic mass is 9.86. The molecule has 0 radical (unpaired) electrons. The van der Waals surface area contributed by atoms with Crippen LogP contribution in [0.4, 0.5) is 0 Å². The number of hydrogen-bond acceptors (Lipinski definition) is 2. The third-order valence-electron chi connectivity index (χ3n) is 3.50. The van der Waals surface area contributed by atoms with Crippen LogP contribution in [0.1, 0.15) is 47.8 Å². The van der Waals surface area contributed by atoms with Gasteiger partial charge in [0.05, 0.1) is 11.6 Å². The third-order valence-corrected chi connectivity index (χ3v) is 3.50. The average Bonchev–Trinajstić information content (AvgIpc) is 2.52. The van der Waals surface area contributed by atoms with Crippen LogP contribution in [0, 0.1) is 11.3 Å². The molecule has 0 N–H and O–H groups in total. The lowest BCUT2D eigenvalue weighted by molar-refractivity contribution is 0.104. The highest BCUT2D eigenvalue weighted by Crippen LogP contribution is 2.22. The molecule has 2 aromatic rings. The minimum absolute atomic E-state index is 0.0233. The largest absolute Gasteiger partial charge is 0.289 e. The molecular weight excluding hydrogens is 270 g/mol. The molecule has 0 spiro atoms. The third kappa shape index (κ3) is 3.93. The van der Waals surface area contributed by atoms with Crippen LogP contribution in [0.5, 0.6) is 0 Å². The molecule has 0 aliphatic carbocycles. The predicted molar refractivity (Wildman–Crippen MR) is 89.7 cm³/mol. The van der Waals surface area contributed by atoms with Crippen molar-refractivity contribution in [3.05, 3.63) is 76.9 Å². The van der Waals surface area contributed by atoms with Gasteiger partial charge in [-0.3, -0.25) is 4.79 Å². The molecule has 0 bridgehead atoms. The Morgan fingerprint density at radius 3 is 2.09 bits per heavy atom. The first kappa shape index (κ1) is 15.7. The second kappa shape index (κ2) is 6.41. The van der Waals surface area contributed by atoms with Gasteiger partial charge < -0.3 is 0 Å². The van der Waals surface area contributed by atoms with Gasteiger partial charge in [0.15, 0.2) is 5.78 Å². The summed E-state index contributed by atoms with van der Waals surface area (Å²) in [5.41, 5.74) is 3.48. The topological polar surface area (TPSA) is 40.9 Å². The number of ketones is 1. The van der Waals surface area contributed by atoms with E-state index in [1.54, 1.807) is 24.3 Å². The van der Waals surface area contributed by atoms with Gasteiger partial charge in [-0.05, 0) is 34.8 Å². The van der Waals surface area contributed by atoms with Crippen LogP contribution >= 0.6 is 0 Å². The zero-order chi connectivity index (χ0) is 16.2. The number of allylic oxidation sites excluding steroid dienone is 1. The molecule has 2 rings (SSSR count). The monoisotopic (exact) mass is 289 g/mol. The number of benzene rings is 2. The first-order valence-electron chi connectivity index (χ1n) is 7.23. The van der Waals surface area contributed by atoms with Crippen LogP contribution in [0.2, 0.25) is 0 Å². The standard InChI is InChI=1S/C20H19NO/c1-20(2,3)18-11-9-17(10-12-18)19(22)13-8-15-4-6-16(14-21)7-5-15/h4-13H,1-3H3/b13-8+. The predicted octanol–water partition coefficient (Wildman–Crippen LogP) is 4.75. The van der Waals surface area contributed by atoms with Crippen molar-refractivity contribution in [3.63, 3.8) is 0 Å². The van der Waals surface area contributed by atoms with Crippen LogP contribution < -0.4 is 0 Å². The summed E-state index contributed by atoms with van der Waals surface area (Å²) in [5.74, 6) is -0.0233. The van der Waals surface area contributed by atoms with Gasteiger partial charge in [-0.1, -0.05) is 63.2 Å². The summed E-state index contributed by atoms with van der Waals surface area (Å²) in [4.78, 5) is 12.2. The van der Waals surface area contributed by atoms with Gasteiger partial charge in [-0.25, -0.2) is 0 Å². The first-order valence-corrected chi connectivity index (χ1v) is 7.23. The number of nitrogens with zero attached hydrogens (tertiary/aromatic N) is 1. The molecule has 2 nitrogen and oxygen atoms in total. The van der Waals surface area contributed by atoms with Gasteiger partial charge in [0.25, 0.3) is 0 Å². The van der Waals surface area contributed by atoms with Gasteiger partial charge >= 0.3 is 0 Å². The molecule has 0 heterocycles. The average molecular weight is 289 g/mol. The highest BCUT2D eigenvalue weighted by molar-refractivity contribution is 6.06. The van der Waals surface area contributed by atoms with Gasteiger partial charge in [0, 0.05) is 5.56 Å². The molecule has 0 atom stereocenters. The summed E-state index contributed by atoms with van der Waals surface area (Å²) in [7, 11) is 0. The van der Waals surface area contributed by atoms with E-state index in [2.05, 4.69) is 26.8 Å². The molecule has 0 aliphatic heterocycles. The smallest absolute Gasteiger partial charge is 0.185 e. The number of rotatable bonds is 3. The van der Waals surface area contributed by atoms with Crippen molar-refractivity contribution < 1.29 is 4.79 Å². The van der Waals surface area contributed by atoms with Crippen LogP contribution in [0.3, 0.4) is 0 Å². The maximum absolute atomic E-state index is 12.2. The maximum atomic E-state index is 12.2. The molecule has 2 heteroatoms. The van der Waals surface area contributed by atoms with Crippen LogP contribution in [0.15, 0.2) is 54.6 Å². The fourth-order valence-electron chi connectivity index (χ4n) is 2.07. The van der Waals surface area contributed by atoms with Gasteiger partial charge in [0.1, 0.15) is 0 Å². The zero-order valence-corrected chi connectivity index (χ0v) is 13.1. The van der Waals surface area contributed by atoms with E-state index in [9.17, 15) is 4.79 Å². The Kier molecular flexibility index (Phi) is 4.58. The fourth-order valence-corrected chi connectivity index (χ4v) is 2.07. The molecule has 0 saturated carbocycles. The van der Waals surface area contributed by atoms with Gasteiger partial charge in [-0.15, -0.1) is 0 Å². The molecule has 0 aliphatic rings. The highest BCUT2D eigenvalue weighted by Gasteiger charge is 2.13. The SMILES string of the molecule is CC(C)(C)c1ccc(C(=O)/C=C/c2ccc(C#N)cc2)cc1. The van der Waals surface area contributed by atoms with Crippen molar-refractivity contribution in [2.45, 2.75) is 26.2 Å². The summed E-state index contributed by atoms with van der Waals surface area (Å²) >= 11 is 0. The van der Waals surface area contributed by atoms with Gasteiger partial charge in [-0.2, -0.15) is 5.26 Å². The second-order valence-corrected chi connectivity index (χ2v) is 6.26. The Labute approximate surface area is 131 Å². The number of nitriles is 1. The van der Waals surface area contributed by atoms with E-state index in [0.29, 0.717) is 11.1 Å². The molecule has 0 saturated heterocycles. The molecule has 0 unspecified atom stereocenters. The van der Waals surface area contributed by atoms with Crippen molar-refractivity contribution in [3.8, 4) is 6.07 Å². The Bertz CT molecular complexity index is 723. The summed E-state index contributed by atoms with van der Waals surface area (Å²) in [6.07, 6.45) is 3.33. The molecular formula is C20H19NO. The second-order valence-electron chi connectivity index (χ2n) is 6.26. The van der Waals surface area contributed by atoms with Gasteiger partial charge in [0.2, 0.25) is 0 Å². The van der Waals surface area contributed by atoms with Crippen LogP contribution in [-0.4, -0.2) is 5.78 Å². The number of carbonyl (C=O) groups excluding carboxylic acids is 1. The Morgan fingerprint density at radius 1 is 1.00 bits per heavy atom. The molecule has 22 heavy (non-hydrogen) atoms. The fraction of sp³-hybridized carbons (Fsp3) is 0.200. The Morgan fingerprint density at radius 2 is 1.59 bits per heavy atom. The van der Waals surface area contributed by atoms with E-state index >= 15 is 0 Å². The lowest BCUT2D eigenvalue weighted by Crippen LogP contribution is -2.11. The van der Waals surface area contributed by atoms with Crippen LogP contribution in [0.25, 0.3) is 6.08 Å². The molecule has 0 amide bonds. The lowest BCUT2D eigenvalue weighted by Gasteiger charge is -2.18. The zero-order valence-electron chi connectivity index (χ0n) is 13.1. The summed E-state index contributed by atoms with van der Waals surface area (Å²) in [6, 6.07) is 16.9. The van der Waals surface area contributed by atoms with E-state index in [0.717, 1.165) is 5.56 Å². The van der Waals surface area contributed by atoms with E-state index in [4.69, 9.17) is 5.26 Å². The molecule has 2 aromatic carbocycles. The Hall–Kier alpha value is -2.66. The minimum Gasteiger partial charge on any atom is -0.289 e. The molecule has 110 valence electrons. The molecule has 0 fully saturated rings. The van der Waals surface area contributed by atoms with E-state index in [1.165, 1.54) is 5.56 Å². The molecule has 0 aromatic heterocycles. The Balaban J connectivity index is 2.11. The van der Waals surface area contributed by atoms with Crippen LogP contribution in [-0.2, 0) is 5.41 Å². The van der Waals surface area contributed by atoms with Crippen molar-refractivity contribution >= 4 is 11.9 Å².